The summed E-state index contributed by atoms with van der Waals surface area (Å²) in [5.41, 5.74) is 5.13. The molecule has 2 fully saturated rings. The van der Waals surface area contributed by atoms with Gasteiger partial charge in [-0.1, -0.05) is 18.6 Å². The van der Waals surface area contributed by atoms with E-state index in [0.717, 1.165) is 44.8 Å². The van der Waals surface area contributed by atoms with Crippen molar-refractivity contribution in [2.24, 2.45) is 5.73 Å². The molecule has 5 amide bonds. The fraction of sp³-hybridized carbons (Fsp3) is 0.694. The van der Waals surface area contributed by atoms with Crippen LogP contribution in [0.2, 0.25) is 0 Å². The van der Waals surface area contributed by atoms with Crippen LogP contribution in [0.3, 0.4) is 0 Å². The molecule has 2 saturated heterocycles. The Hall–Kier alpha value is -3.52. The zero-order valence-corrected chi connectivity index (χ0v) is 32.5. The number of carbonyl (C=O) groups excluding carboxylic acids is 5. The highest BCUT2D eigenvalue weighted by Crippen LogP contribution is 2.12. The molecule has 2 aliphatic rings. The number of thiol groups is 1. The molecular weight excluding hydrogens is 715 g/mol. The summed E-state index contributed by atoms with van der Waals surface area (Å²) >= 11 is 4.02. The van der Waals surface area contributed by atoms with Crippen LogP contribution in [-0.2, 0) is 30.4 Å². The van der Waals surface area contributed by atoms with Gasteiger partial charge in [-0.2, -0.15) is 12.6 Å². The first-order chi connectivity index (χ1) is 25.9. The first-order valence-corrected chi connectivity index (χ1v) is 19.7. The second-order valence-electron chi connectivity index (χ2n) is 14.4. The van der Waals surface area contributed by atoms with Gasteiger partial charge < -0.3 is 58.7 Å². The van der Waals surface area contributed by atoms with E-state index in [-0.39, 0.29) is 72.8 Å². The molecule has 1 unspecified atom stereocenters. The number of nitrogens with two attached hydrogens (primary N) is 1. The molecule has 0 aromatic heterocycles. The fourth-order valence-electron chi connectivity index (χ4n) is 6.34. The third kappa shape index (κ3) is 17.3. The number of benzene rings is 1. The van der Waals surface area contributed by atoms with Gasteiger partial charge in [-0.3, -0.25) is 29.3 Å². The molecule has 304 valence electrons. The van der Waals surface area contributed by atoms with Crippen LogP contribution in [0, 0.1) is 0 Å². The summed E-state index contributed by atoms with van der Waals surface area (Å²) in [5.74, 6) is -1.62. The summed E-state index contributed by atoms with van der Waals surface area (Å²) in [7, 11) is 0. The van der Waals surface area contributed by atoms with E-state index in [4.69, 9.17) is 5.73 Å². The Labute approximate surface area is 324 Å². The van der Waals surface area contributed by atoms with Gasteiger partial charge in [0.15, 0.2) is 0 Å². The number of hydrogen-bond acceptors (Lipinski definition) is 13. The minimum absolute atomic E-state index is 0.0510. The topological polar surface area (TPSA) is 252 Å². The molecule has 1 aromatic rings. The van der Waals surface area contributed by atoms with Gasteiger partial charge in [0, 0.05) is 109 Å². The molecule has 2 heterocycles. The maximum absolute atomic E-state index is 13.3. The molecule has 2 atom stereocenters. The van der Waals surface area contributed by atoms with E-state index in [1.54, 1.807) is 12.1 Å². The van der Waals surface area contributed by atoms with Crippen molar-refractivity contribution >= 4 is 42.2 Å². The highest BCUT2D eigenvalue weighted by Gasteiger charge is 2.32. The van der Waals surface area contributed by atoms with Gasteiger partial charge in [-0.25, -0.2) is 0 Å². The molecule has 2 bridgehead atoms. The minimum atomic E-state index is -0.874. The Morgan fingerprint density at radius 2 is 1.30 bits per heavy atom. The van der Waals surface area contributed by atoms with E-state index in [9.17, 15) is 29.1 Å². The van der Waals surface area contributed by atoms with E-state index in [0.29, 0.717) is 52.0 Å². The van der Waals surface area contributed by atoms with Gasteiger partial charge in [-0.15, -0.1) is 0 Å². The van der Waals surface area contributed by atoms with Crippen LogP contribution in [0.4, 0.5) is 0 Å². The van der Waals surface area contributed by atoms with Gasteiger partial charge in [0.1, 0.15) is 23.5 Å². The van der Waals surface area contributed by atoms with Crippen LogP contribution >= 0.6 is 12.6 Å². The zero-order valence-electron chi connectivity index (χ0n) is 31.6. The second kappa shape index (κ2) is 24.1. The number of rotatable bonds is 18. The Bertz CT molecular complexity index is 1320. The lowest BCUT2D eigenvalue weighted by molar-refractivity contribution is -0.129. The fourth-order valence-corrected chi connectivity index (χ4v) is 6.61. The van der Waals surface area contributed by atoms with Crippen LogP contribution in [0.5, 0.6) is 5.75 Å². The van der Waals surface area contributed by atoms with Crippen molar-refractivity contribution in [1.29, 1.82) is 0 Å². The van der Waals surface area contributed by atoms with Gasteiger partial charge >= 0.3 is 0 Å². The average Bonchev–Trinajstić information content (AvgIpc) is 3.13. The van der Waals surface area contributed by atoms with E-state index >= 15 is 0 Å². The summed E-state index contributed by atoms with van der Waals surface area (Å²) in [5, 5.41) is 42.4. The molecule has 0 aliphatic carbocycles. The molecule has 0 radical (unpaired) electrons. The van der Waals surface area contributed by atoms with Crippen LogP contribution in [-0.4, -0.2) is 136 Å². The molecule has 3 rings (SSSR count). The summed E-state index contributed by atoms with van der Waals surface area (Å²) in [6.45, 7) is 9.60. The molecule has 0 spiro atoms. The standard InChI is InChI=1S/C36H63N11O6S/c1-35-22-38-14-16-40-24-36(44-19-18-43-35,25-41-17-15-39-23-35)47-32(51)8-5-7-31(50)45-28(20-26-9-11-27(48)12-10-26)34(53)42-13-4-2-3-6-30(49)46-29(21-54)33(37)52/h9-12,28-29,38-41,43-44,48,54H,2-8,13-25H2,1H3,(H2,37,52)(H,42,53)(H,45,50)(H,46,49)(H,47,51)/t28-,29?,35?,36?/m0/s1. The summed E-state index contributed by atoms with van der Waals surface area (Å²) in [6.07, 6.45) is 2.69. The molecule has 17 nitrogen and oxygen atoms in total. The summed E-state index contributed by atoms with van der Waals surface area (Å²) in [6, 6.07) is 4.74. The largest absolute Gasteiger partial charge is 0.508 e. The lowest BCUT2D eigenvalue weighted by Crippen LogP contribution is -2.70. The number of carbonyl (C=O) groups is 5. The van der Waals surface area contributed by atoms with Gasteiger partial charge in [0.25, 0.3) is 0 Å². The number of phenols is 1. The Kier molecular flexibility index (Phi) is 20.0. The lowest BCUT2D eigenvalue weighted by Gasteiger charge is -2.39. The van der Waals surface area contributed by atoms with Crippen molar-refractivity contribution in [2.75, 3.05) is 77.7 Å². The van der Waals surface area contributed by atoms with Crippen molar-refractivity contribution < 1.29 is 29.1 Å². The van der Waals surface area contributed by atoms with Crippen molar-refractivity contribution in [3.8, 4) is 5.75 Å². The number of phenolic OH excluding ortho intramolecular Hbond substituents is 1. The first kappa shape index (κ1) is 44.9. The van der Waals surface area contributed by atoms with Gasteiger partial charge in [0.05, 0.1) is 0 Å². The molecule has 13 N–H and O–H groups in total. The van der Waals surface area contributed by atoms with Crippen LogP contribution < -0.4 is 58.9 Å². The highest BCUT2D eigenvalue weighted by atomic mass is 32.1. The van der Waals surface area contributed by atoms with Gasteiger partial charge in [-0.05, 0) is 43.9 Å². The normalized spacial score (nSPS) is 22.3. The summed E-state index contributed by atoms with van der Waals surface area (Å²) in [4.78, 5) is 63.1. The molecule has 1 aromatic carbocycles. The number of primary amides is 1. The van der Waals surface area contributed by atoms with Crippen LogP contribution in [0.1, 0.15) is 57.4 Å². The van der Waals surface area contributed by atoms with E-state index < -0.39 is 23.7 Å². The predicted molar refractivity (Wildman–Crippen MR) is 211 cm³/mol. The number of unbranched alkanes of at least 4 members (excludes halogenated alkanes) is 2. The second-order valence-corrected chi connectivity index (χ2v) is 14.8. The lowest BCUT2D eigenvalue weighted by atomic mass is 10.0. The van der Waals surface area contributed by atoms with Gasteiger partial charge in [0.2, 0.25) is 29.5 Å². The quantitative estimate of drug-likeness (QED) is 0.0538. The third-order valence-corrected chi connectivity index (χ3v) is 9.80. The Balaban J connectivity index is 1.50. The predicted octanol–water partition coefficient (Wildman–Crippen LogP) is -2.70. The van der Waals surface area contributed by atoms with Crippen molar-refractivity contribution in [3.05, 3.63) is 29.8 Å². The van der Waals surface area contributed by atoms with Crippen LogP contribution in [0.15, 0.2) is 24.3 Å². The van der Waals surface area contributed by atoms with E-state index in [2.05, 4.69) is 72.7 Å². The Morgan fingerprint density at radius 1 is 0.741 bits per heavy atom. The van der Waals surface area contributed by atoms with Crippen molar-refractivity contribution in [1.82, 2.24) is 53.2 Å². The third-order valence-electron chi connectivity index (χ3n) is 9.44. The number of aromatic hydroxyl groups is 1. The monoisotopic (exact) mass is 777 g/mol. The maximum atomic E-state index is 13.3. The first-order valence-electron chi connectivity index (χ1n) is 19.1. The molecule has 18 heteroatoms. The molecule has 2 aliphatic heterocycles. The summed E-state index contributed by atoms with van der Waals surface area (Å²) < 4.78 is 0. The molecule has 54 heavy (non-hydrogen) atoms. The molecular formula is C36H63N11O6S. The SMILES string of the molecule is CC12CNCCNCC(NC(=O)CCCC(=O)N[C@@H](Cc3ccc(O)cc3)C(=O)NCCCCCC(=O)NC(CS)C(N)=O)(CNCCNC1)NCCN2. The van der Waals surface area contributed by atoms with E-state index in [1.165, 1.54) is 12.1 Å². The van der Waals surface area contributed by atoms with Crippen LogP contribution in [0.25, 0.3) is 0 Å². The minimum Gasteiger partial charge on any atom is -0.508 e. The number of fused-ring (bicyclic) bond motifs is 5. The average molecular weight is 778 g/mol. The number of amides is 5. The zero-order chi connectivity index (χ0) is 39.2. The van der Waals surface area contributed by atoms with E-state index in [1.807, 2.05) is 0 Å². The molecule has 0 saturated carbocycles. The number of hydrogen-bond donors (Lipinski definition) is 13. The highest BCUT2D eigenvalue weighted by molar-refractivity contribution is 7.80. The van der Waals surface area contributed by atoms with Crippen molar-refractivity contribution in [2.45, 2.75) is 81.6 Å². The number of nitrogens with one attached hydrogen (secondary N) is 10. The maximum Gasteiger partial charge on any atom is 0.242 e. The smallest absolute Gasteiger partial charge is 0.242 e. The Morgan fingerprint density at radius 3 is 1.91 bits per heavy atom. The van der Waals surface area contributed by atoms with Crippen molar-refractivity contribution in [3.63, 3.8) is 0 Å².